The minimum absolute atomic E-state index is 0.0307. The number of ketones is 1. The zero-order valence-electron chi connectivity index (χ0n) is 22.0. The maximum absolute atomic E-state index is 14.2. The number of carbonyl (C=O) groups excluding carboxylic acids is 1. The van der Waals surface area contributed by atoms with Crippen LogP contribution in [0.25, 0.3) is 0 Å². The summed E-state index contributed by atoms with van der Waals surface area (Å²) in [4.78, 5) is 16.4. The van der Waals surface area contributed by atoms with E-state index in [4.69, 9.17) is 5.73 Å². The Labute approximate surface area is 246 Å². The van der Waals surface area contributed by atoms with E-state index in [-0.39, 0.29) is 43.1 Å². The lowest BCUT2D eigenvalue weighted by Gasteiger charge is -2.16. The van der Waals surface area contributed by atoms with Crippen LogP contribution in [0.5, 0.6) is 0 Å². The first-order valence-electron chi connectivity index (χ1n) is 12.5. The fourth-order valence-corrected chi connectivity index (χ4v) is 6.70. The molecule has 5 aromatic rings. The van der Waals surface area contributed by atoms with Crippen LogP contribution in [0.1, 0.15) is 15.9 Å². The molecule has 13 heteroatoms. The average Bonchev–Trinajstić information content (AvgIpc) is 2.98. The molecule has 4 aromatic carbocycles. The van der Waals surface area contributed by atoms with Gasteiger partial charge in [0.15, 0.2) is 0 Å². The van der Waals surface area contributed by atoms with Gasteiger partial charge in [-0.1, -0.05) is 36.4 Å². The number of sulfone groups is 1. The maximum Gasteiger partial charge on any atom is 0.261 e. The van der Waals surface area contributed by atoms with Crippen molar-refractivity contribution in [3.05, 3.63) is 132 Å². The molecule has 0 radical (unpaired) electrons. The fraction of sp³-hybridized carbons (Fsp3) is 0. The first-order valence-corrected chi connectivity index (χ1v) is 15.5. The van der Waals surface area contributed by atoms with Crippen molar-refractivity contribution in [3.63, 3.8) is 0 Å². The number of hydrogen-bond acceptors (Lipinski definition) is 8. The minimum atomic E-state index is -4.33. The van der Waals surface area contributed by atoms with E-state index in [1.165, 1.54) is 42.6 Å². The van der Waals surface area contributed by atoms with Crippen LogP contribution in [0.2, 0.25) is 0 Å². The van der Waals surface area contributed by atoms with Gasteiger partial charge in [-0.15, -0.1) is 0 Å². The van der Waals surface area contributed by atoms with Gasteiger partial charge in [0.05, 0.1) is 26.7 Å². The van der Waals surface area contributed by atoms with Gasteiger partial charge in [-0.3, -0.25) is 9.52 Å². The molecule has 5 rings (SSSR count). The fourth-order valence-electron chi connectivity index (χ4n) is 4.20. The number of rotatable bonds is 9. The SMILES string of the molecule is Nc1cc(S(=O)(=O)c2cccnc2Nc2ccccc2NS(=O)(=O)c2ccccc2)ccc1C(=O)c1c(F)cccc1F. The van der Waals surface area contributed by atoms with Crippen molar-refractivity contribution in [2.24, 2.45) is 0 Å². The lowest BCUT2D eigenvalue weighted by molar-refractivity contribution is 0.103. The van der Waals surface area contributed by atoms with Gasteiger partial charge in [-0.25, -0.2) is 30.6 Å². The first kappa shape index (κ1) is 29.4. The van der Waals surface area contributed by atoms with Gasteiger partial charge in [0.1, 0.15) is 22.3 Å². The number of hydrogen-bond donors (Lipinski definition) is 3. The smallest absolute Gasteiger partial charge is 0.261 e. The lowest BCUT2D eigenvalue weighted by Crippen LogP contribution is -2.14. The number of para-hydroxylation sites is 2. The molecule has 0 aliphatic rings. The van der Waals surface area contributed by atoms with E-state index in [0.29, 0.717) is 0 Å². The molecule has 0 fully saturated rings. The molecule has 0 unspecified atom stereocenters. The topological polar surface area (TPSA) is 148 Å². The highest BCUT2D eigenvalue weighted by Crippen LogP contribution is 2.33. The van der Waals surface area contributed by atoms with Gasteiger partial charge in [0.2, 0.25) is 15.6 Å². The van der Waals surface area contributed by atoms with Gasteiger partial charge < -0.3 is 11.1 Å². The summed E-state index contributed by atoms with van der Waals surface area (Å²) in [6.07, 6.45) is 1.34. The molecule has 0 spiro atoms. The van der Waals surface area contributed by atoms with Crippen LogP contribution in [-0.4, -0.2) is 27.6 Å². The highest BCUT2D eigenvalue weighted by molar-refractivity contribution is 7.92. The van der Waals surface area contributed by atoms with Crippen molar-refractivity contribution < 1.29 is 30.4 Å². The molecule has 0 saturated carbocycles. The summed E-state index contributed by atoms with van der Waals surface area (Å²) >= 11 is 0. The van der Waals surface area contributed by atoms with Crippen molar-refractivity contribution in [2.75, 3.05) is 15.8 Å². The Bertz CT molecular complexity index is 2050. The molecule has 218 valence electrons. The number of nitrogens with one attached hydrogen (secondary N) is 2. The molecule has 0 bridgehead atoms. The Morgan fingerprint density at radius 1 is 0.721 bits per heavy atom. The number of aromatic nitrogens is 1. The van der Waals surface area contributed by atoms with Crippen LogP contribution >= 0.6 is 0 Å². The highest BCUT2D eigenvalue weighted by atomic mass is 32.2. The Morgan fingerprint density at radius 3 is 2.05 bits per heavy atom. The second kappa shape index (κ2) is 11.6. The molecule has 0 atom stereocenters. The highest BCUT2D eigenvalue weighted by Gasteiger charge is 2.26. The Morgan fingerprint density at radius 2 is 1.37 bits per heavy atom. The van der Waals surface area contributed by atoms with Crippen molar-refractivity contribution in [1.82, 2.24) is 4.98 Å². The van der Waals surface area contributed by atoms with E-state index >= 15 is 0 Å². The van der Waals surface area contributed by atoms with E-state index in [0.717, 1.165) is 36.4 Å². The van der Waals surface area contributed by atoms with Crippen molar-refractivity contribution in [2.45, 2.75) is 14.7 Å². The number of halogens is 2. The third kappa shape index (κ3) is 5.94. The van der Waals surface area contributed by atoms with E-state index in [9.17, 15) is 30.4 Å². The molecule has 1 heterocycles. The summed E-state index contributed by atoms with van der Waals surface area (Å²) in [5.74, 6) is -3.34. The number of sulfonamides is 1. The van der Waals surface area contributed by atoms with E-state index < -0.39 is 42.8 Å². The normalized spacial score (nSPS) is 11.6. The molecule has 1 aromatic heterocycles. The maximum atomic E-state index is 14.2. The number of nitrogen functional groups attached to an aromatic ring is 1. The van der Waals surface area contributed by atoms with Crippen LogP contribution < -0.4 is 15.8 Å². The van der Waals surface area contributed by atoms with Crippen molar-refractivity contribution in [3.8, 4) is 0 Å². The van der Waals surface area contributed by atoms with Crippen LogP contribution in [0.15, 0.2) is 124 Å². The standard InChI is InChI=1S/C30H22F2N4O5S2/c31-22-10-6-11-23(32)28(22)29(37)21-16-15-20(18-24(21)33)42(38,39)27-14-7-17-34-30(27)35-25-12-4-5-13-26(25)36-43(40,41)19-8-2-1-3-9-19/h1-18,36H,33H2,(H,34,35). The van der Waals surface area contributed by atoms with Crippen molar-refractivity contribution in [1.29, 1.82) is 0 Å². The number of carbonyl (C=O) groups is 1. The third-order valence-corrected chi connectivity index (χ3v) is 9.47. The molecular formula is C30H22F2N4O5S2. The second-order valence-corrected chi connectivity index (χ2v) is 12.7. The summed E-state index contributed by atoms with van der Waals surface area (Å²) in [6, 6.07) is 22.8. The molecule has 43 heavy (non-hydrogen) atoms. The zero-order chi connectivity index (χ0) is 30.8. The number of pyridine rings is 1. The Kier molecular flexibility index (Phi) is 7.93. The molecule has 0 amide bonds. The average molecular weight is 621 g/mol. The molecule has 4 N–H and O–H groups in total. The molecule has 0 aliphatic heterocycles. The van der Waals surface area contributed by atoms with Gasteiger partial charge in [0.25, 0.3) is 10.0 Å². The summed E-state index contributed by atoms with van der Waals surface area (Å²) in [5, 5.41) is 2.88. The van der Waals surface area contributed by atoms with Gasteiger partial charge >= 0.3 is 0 Å². The molecule has 0 saturated heterocycles. The van der Waals surface area contributed by atoms with Crippen LogP contribution in [-0.2, 0) is 19.9 Å². The number of anilines is 4. The number of nitrogens with zero attached hydrogens (tertiary/aromatic N) is 1. The Balaban J connectivity index is 1.48. The number of benzene rings is 4. The van der Waals surface area contributed by atoms with Gasteiger partial charge in [-0.05, 0) is 66.7 Å². The van der Waals surface area contributed by atoms with Crippen LogP contribution in [0, 0.1) is 11.6 Å². The predicted molar refractivity (Wildman–Crippen MR) is 157 cm³/mol. The predicted octanol–water partition coefficient (Wildman–Crippen LogP) is 5.55. The lowest BCUT2D eigenvalue weighted by atomic mass is 10.0. The number of nitrogens with two attached hydrogens (primary N) is 1. The van der Waals surface area contributed by atoms with Crippen LogP contribution in [0.3, 0.4) is 0 Å². The zero-order valence-corrected chi connectivity index (χ0v) is 23.7. The minimum Gasteiger partial charge on any atom is -0.398 e. The van der Waals surface area contributed by atoms with Crippen molar-refractivity contribution >= 4 is 48.5 Å². The van der Waals surface area contributed by atoms with Gasteiger partial charge in [0, 0.05) is 17.4 Å². The summed E-state index contributed by atoms with van der Waals surface area (Å²) in [6.45, 7) is 0. The third-order valence-electron chi connectivity index (χ3n) is 6.31. The van der Waals surface area contributed by atoms with Crippen LogP contribution in [0.4, 0.5) is 31.7 Å². The first-order chi connectivity index (χ1) is 20.5. The van der Waals surface area contributed by atoms with E-state index in [1.807, 2.05) is 0 Å². The summed E-state index contributed by atoms with van der Waals surface area (Å²) in [7, 11) is -8.30. The Hall–Kier alpha value is -5.14. The molecule has 9 nitrogen and oxygen atoms in total. The molecular weight excluding hydrogens is 598 g/mol. The van der Waals surface area contributed by atoms with Gasteiger partial charge in [-0.2, -0.15) is 0 Å². The summed E-state index contributed by atoms with van der Waals surface area (Å²) in [5.41, 5.74) is 4.93. The summed E-state index contributed by atoms with van der Waals surface area (Å²) < 4.78 is 84.1. The van der Waals surface area contributed by atoms with E-state index in [2.05, 4.69) is 15.0 Å². The largest absolute Gasteiger partial charge is 0.398 e. The van der Waals surface area contributed by atoms with E-state index in [1.54, 1.807) is 30.3 Å². The quantitative estimate of drug-likeness (QED) is 0.144. The second-order valence-electron chi connectivity index (χ2n) is 9.12. The monoisotopic (exact) mass is 620 g/mol. The molecule has 0 aliphatic carbocycles.